The van der Waals surface area contributed by atoms with Crippen molar-refractivity contribution in [2.24, 2.45) is 0 Å². The average molecular weight is 230 g/mol. The zero-order valence-electron chi connectivity index (χ0n) is 9.12. The van der Waals surface area contributed by atoms with Crippen molar-refractivity contribution in [3.05, 3.63) is 42.1 Å². The third kappa shape index (κ3) is 2.39. The third-order valence-corrected chi connectivity index (χ3v) is 2.24. The van der Waals surface area contributed by atoms with Crippen LogP contribution in [0.25, 0.3) is 11.3 Å². The Balaban J connectivity index is 2.36. The number of benzene rings is 1. The van der Waals surface area contributed by atoms with Gasteiger partial charge in [-0.25, -0.2) is 9.78 Å². The van der Waals surface area contributed by atoms with Crippen LogP contribution in [0.2, 0.25) is 0 Å². The predicted octanol–water partition coefficient (Wildman–Crippen LogP) is 1.85. The molecule has 86 valence electrons. The Kier molecular flexibility index (Phi) is 3.00. The summed E-state index contributed by atoms with van der Waals surface area (Å²) in [4.78, 5) is 18.8. The molecular formula is C12H10N2O3. The molecule has 0 aliphatic carbocycles. The number of hydrogen-bond acceptors (Lipinski definition) is 4. The minimum Gasteiger partial charge on any atom is -0.478 e. The van der Waals surface area contributed by atoms with Crippen LogP contribution in [0.5, 0.6) is 6.01 Å². The maximum atomic E-state index is 10.7. The van der Waals surface area contributed by atoms with Gasteiger partial charge < -0.3 is 9.84 Å². The van der Waals surface area contributed by atoms with Crippen molar-refractivity contribution in [2.45, 2.75) is 0 Å². The molecule has 0 aliphatic heterocycles. The lowest BCUT2D eigenvalue weighted by Crippen LogP contribution is -1.96. The topological polar surface area (TPSA) is 72.3 Å². The molecule has 2 aromatic rings. The molecule has 0 bridgehead atoms. The van der Waals surface area contributed by atoms with Gasteiger partial charge in [0.05, 0.1) is 18.4 Å². The molecule has 0 spiro atoms. The molecule has 0 radical (unpaired) electrons. The van der Waals surface area contributed by atoms with Gasteiger partial charge >= 0.3 is 12.0 Å². The van der Waals surface area contributed by atoms with Crippen LogP contribution in [-0.2, 0) is 0 Å². The molecule has 1 N–H and O–H groups in total. The van der Waals surface area contributed by atoms with E-state index in [0.717, 1.165) is 5.56 Å². The summed E-state index contributed by atoms with van der Waals surface area (Å²) < 4.78 is 4.92. The van der Waals surface area contributed by atoms with E-state index in [1.807, 2.05) is 0 Å². The lowest BCUT2D eigenvalue weighted by Gasteiger charge is -2.03. The monoisotopic (exact) mass is 230 g/mol. The Hall–Kier alpha value is -2.43. The van der Waals surface area contributed by atoms with E-state index in [-0.39, 0.29) is 11.6 Å². The van der Waals surface area contributed by atoms with Crippen LogP contribution in [0.1, 0.15) is 10.4 Å². The Morgan fingerprint density at radius 3 is 2.53 bits per heavy atom. The van der Waals surface area contributed by atoms with Gasteiger partial charge in [0.1, 0.15) is 0 Å². The second kappa shape index (κ2) is 4.61. The molecule has 17 heavy (non-hydrogen) atoms. The number of hydrogen-bond donors (Lipinski definition) is 1. The van der Waals surface area contributed by atoms with Crippen molar-refractivity contribution in [1.82, 2.24) is 9.97 Å². The molecule has 1 aromatic carbocycles. The van der Waals surface area contributed by atoms with E-state index in [0.29, 0.717) is 5.69 Å². The van der Waals surface area contributed by atoms with Crippen molar-refractivity contribution in [3.8, 4) is 17.3 Å². The smallest absolute Gasteiger partial charge is 0.335 e. The molecule has 0 atom stereocenters. The zero-order chi connectivity index (χ0) is 12.3. The Morgan fingerprint density at radius 1 is 1.24 bits per heavy atom. The SMILES string of the molecule is COc1nccc(-c2ccc(C(=O)O)cc2)n1. The fraction of sp³-hybridized carbons (Fsp3) is 0.0833. The summed E-state index contributed by atoms with van der Waals surface area (Å²) in [5.74, 6) is -0.947. The highest BCUT2D eigenvalue weighted by Gasteiger charge is 2.05. The second-order valence-electron chi connectivity index (χ2n) is 3.31. The van der Waals surface area contributed by atoms with Crippen molar-refractivity contribution in [2.75, 3.05) is 7.11 Å². The molecule has 0 fully saturated rings. The number of nitrogens with zero attached hydrogens (tertiary/aromatic N) is 2. The second-order valence-corrected chi connectivity index (χ2v) is 3.31. The van der Waals surface area contributed by atoms with Gasteiger partial charge in [0.2, 0.25) is 0 Å². The predicted molar refractivity (Wildman–Crippen MR) is 61.0 cm³/mol. The number of carboxylic acid groups (broad SMARTS) is 1. The van der Waals surface area contributed by atoms with E-state index in [9.17, 15) is 4.79 Å². The standard InChI is InChI=1S/C12H10N2O3/c1-17-12-13-7-6-10(14-12)8-2-4-9(5-3-8)11(15)16/h2-7H,1H3,(H,15,16). The van der Waals surface area contributed by atoms with Crippen molar-refractivity contribution >= 4 is 5.97 Å². The first-order valence-corrected chi connectivity index (χ1v) is 4.91. The molecule has 2 rings (SSSR count). The van der Waals surface area contributed by atoms with Gasteiger partial charge in [-0.1, -0.05) is 12.1 Å². The first-order chi connectivity index (χ1) is 8.20. The van der Waals surface area contributed by atoms with Gasteiger partial charge in [-0.05, 0) is 18.2 Å². The summed E-state index contributed by atoms with van der Waals surface area (Å²) in [6.07, 6.45) is 1.59. The number of ether oxygens (including phenoxy) is 1. The Morgan fingerprint density at radius 2 is 1.94 bits per heavy atom. The number of aromatic carboxylic acids is 1. The summed E-state index contributed by atoms with van der Waals surface area (Å²) in [7, 11) is 1.49. The van der Waals surface area contributed by atoms with Crippen LogP contribution in [0.15, 0.2) is 36.5 Å². The molecule has 1 heterocycles. The summed E-state index contributed by atoms with van der Waals surface area (Å²) in [5.41, 5.74) is 1.75. The highest BCUT2D eigenvalue weighted by Crippen LogP contribution is 2.18. The molecule has 0 amide bonds. The number of aromatic nitrogens is 2. The Labute approximate surface area is 97.7 Å². The van der Waals surface area contributed by atoms with Crippen LogP contribution in [-0.4, -0.2) is 28.2 Å². The largest absolute Gasteiger partial charge is 0.478 e. The maximum Gasteiger partial charge on any atom is 0.335 e. The molecule has 0 unspecified atom stereocenters. The van der Waals surface area contributed by atoms with Crippen molar-refractivity contribution < 1.29 is 14.6 Å². The van der Waals surface area contributed by atoms with Gasteiger partial charge in [0, 0.05) is 11.8 Å². The van der Waals surface area contributed by atoms with Crippen LogP contribution >= 0.6 is 0 Å². The quantitative estimate of drug-likeness (QED) is 0.871. The average Bonchev–Trinajstić information content (AvgIpc) is 2.39. The third-order valence-electron chi connectivity index (χ3n) is 2.24. The minimum atomic E-state index is -0.947. The summed E-state index contributed by atoms with van der Waals surface area (Å²) in [6.45, 7) is 0. The van der Waals surface area contributed by atoms with Crippen LogP contribution in [0.3, 0.4) is 0 Å². The lowest BCUT2D eigenvalue weighted by molar-refractivity contribution is 0.0697. The maximum absolute atomic E-state index is 10.7. The van der Waals surface area contributed by atoms with E-state index in [1.165, 1.54) is 19.2 Å². The molecule has 5 heteroatoms. The van der Waals surface area contributed by atoms with E-state index >= 15 is 0 Å². The molecule has 0 saturated heterocycles. The lowest BCUT2D eigenvalue weighted by atomic mass is 10.1. The zero-order valence-corrected chi connectivity index (χ0v) is 9.12. The van der Waals surface area contributed by atoms with Crippen molar-refractivity contribution in [3.63, 3.8) is 0 Å². The molecule has 0 aliphatic rings. The number of rotatable bonds is 3. The Bertz CT molecular complexity index is 538. The van der Waals surface area contributed by atoms with Crippen LogP contribution < -0.4 is 4.74 Å². The fourth-order valence-corrected chi connectivity index (χ4v) is 1.38. The molecule has 0 saturated carbocycles. The van der Waals surface area contributed by atoms with Gasteiger partial charge in [-0.15, -0.1) is 0 Å². The highest BCUT2D eigenvalue weighted by atomic mass is 16.5. The van der Waals surface area contributed by atoms with Gasteiger partial charge in [-0.2, -0.15) is 4.98 Å². The van der Waals surface area contributed by atoms with E-state index in [2.05, 4.69) is 9.97 Å². The normalized spacial score (nSPS) is 9.94. The first kappa shape index (κ1) is 11.1. The van der Waals surface area contributed by atoms with E-state index in [4.69, 9.17) is 9.84 Å². The van der Waals surface area contributed by atoms with Crippen molar-refractivity contribution in [1.29, 1.82) is 0 Å². The minimum absolute atomic E-state index is 0.245. The molecule has 5 nitrogen and oxygen atoms in total. The van der Waals surface area contributed by atoms with E-state index < -0.39 is 5.97 Å². The summed E-state index contributed by atoms with van der Waals surface area (Å²) >= 11 is 0. The highest BCUT2D eigenvalue weighted by molar-refractivity contribution is 5.88. The fourth-order valence-electron chi connectivity index (χ4n) is 1.38. The van der Waals surface area contributed by atoms with Crippen LogP contribution in [0, 0.1) is 0 Å². The molecular weight excluding hydrogens is 220 g/mol. The number of carboxylic acids is 1. The summed E-state index contributed by atoms with van der Waals surface area (Å²) in [5, 5.41) is 8.78. The number of methoxy groups -OCH3 is 1. The van der Waals surface area contributed by atoms with Gasteiger partial charge in [-0.3, -0.25) is 0 Å². The summed E-state index contributed by atoms with van der Waals surface area (Å²) in [6, 6.07) is 8.48. The number of carbonyl (C=O) groups is 1. The van der Waals surface area contributed by atoms with Gasteiger partial charge in [0.15, 0.2) is 0 Å². The van der Waals surface area contributed by atoms with E-state index in [1.54, 1.807) is 24.4 Å². The molecule has 1 aromatic heterocycles. The van der Waals surface area contributed by atoms with Crippen LogP contribution in [0.4, 0.5) is 0 Å². The first-order valence-electron chi connectivity index (χ1n) is 4.91. The van der Waals surface area contributed by atoms with Gasteiger partial charge in [0.25, 0.3) is 0 Å².